The highest BCUT2D eigenvalue weighted by molar-refractivity contribution is 5.79. The largest absolute Gasteiger partial charge is 0.464 e. The fraction of sp³-hybridized carbons (Fsp3) is 0.429. The molecule has 0 saturated carbocycles. The van der Waals surface area contributed by atoms with Crippen molar-refractivity contribution in [1.82, 2.24) is 5.32 Å². The molecule has 110 valence electrons. The van der Waals surface area contributed by atoms with E-state index >= 15 is 0 Å². The molecule has 6 heteroatoms. The van der Waals surface area contributed by atoms with Crippen LogP contribution < -0.4 is 5.32 Å². The Kier molecular flexibility index (Phi) is 6.69. The number of esters is 1. The average molecular weight is 281 g/mol. The van der Waals surface area contributed by atoms with Crippen molar-refractivity contribution in [3.8, 4) is 0 Å². The molecule has 1 rings (SSSR count). The predicted molar refractivity (Wildman–Crippen MR) is 71.7 cm³/mol. The Hall–Kier alpha value is -1.92. The van der Waals surface area contributed by atoms with Crippen LogP contribution in [0.4, 0.5) is 0 Å². The van der Waals surface area contributed by atoms with Crippen molar-refractivity contribution in [3.63, 3.8) is 0 Å². The molecule has 20 heavy (non-hydrogen) atoms. The van der Waals surface area contributed by atoms with Crippen LogP contribution >= 0.6 is 0 Å². The molecular formula is C14H19NO5. The molecule has 2 unspecified atom stereocenters. The number of benzene rings is 1. The first-order valence-electron chi connectivity index (χ1n) is 6.26. The number of methoxy groups -OCH3 is 1. The van der Waals surface area contributed by atoms with Crippen LogP contribution in [0.1, 0.15) is 24.2 Å². The van der Waals surface area contributed by atoms with Gasteiger partial charge >= 0.3 is 5.97 Å². The second-order valence-corrected chi connectivity index (χ2v) is 4.14. The molecule has 1 aromatic rings. The first kappa shape index (κ1) is 16.1. The number of carbonyl (C=O) groups excluding carboxylic acids is 2. The SMILES string of the molecule is CCOC(=O)C(NC=O)C(O)c1cccc(COC)c1. The third-order valence-electron chi connectivity index (χ3n) is 2.71. The van der Waals surface area contributed by atoms with Crippen LogP contribution in [0.25, 0.3) is 0 Å². The number of rotatable bonds is 8. The van der Waals surface area contributed by atoms with E-state index in [-0.39, 0.29) is 6.61 Å². The van der Waals surface area contributed by atoms with Gasteiger partial charge in [-0.2, -0.15) is 0 Å². The monoisotopic (exact) mass is 281 g/mol. The molecule has 1 aromatic carbocycles. The summed E-state index contributed by atoms with van der Waals surface area (Å²) >= 11 is 0. The Morgan fingerprint density at radius 3 is 2.85 bits per heavy atom. The zero-order valence-electron chi connectivity index (χ0n) is 11.5. The average Bonchev–Trinajstić information content (AvgIpc) is 2.45. The molecular weight excluding hydrogens is 262 g/mol. The number of carbonyl (C=O) groups is 2. The summed E-state index contributed by atoms with van der Waals surface area (Å²) in [7, 11) is 1.57. The number of aliphatic hydroxyl groups excluding tert-OH is 1. The second-order valence-electron chi connectivity index (χ2n) is 4.14. The summed E-state index contributed by atoms with van der Waals surface area (Å²) in [6.45, 7) is 2.22. The summed E-state index contributed by atoms with van der Waals surface area (Å²) in [5, 5.41) is 12.5. The minimum atomic E-state index is -1.18. The number of aliphatic hydroxyl groups is 1. The van der Waals surface area contributed by atoms with Crippen LogP contribution in [0, 0.1) is 0 Å². The van der Waals surface area contributed by atoms with Gasteiger partial charge < -0.3 is 19.9 Å². The maximum atomic E-state index is 11.7. The molecule has 0 fully saturated rings. The molecule has 0 aliphatic carbocycles. The highest BCUT2D eigenvalue weighted by Gasteiger charge is 2.29. The molecule has 1 amide bonds. The van der Waals surface area contributed by atoms with Gasteiger partial charge in [-0.05, 0) is 18.1 Å². The van der Waals surface area contributed by atoms with Gasteiger partial charge in [-0.25, -0.2) is 4.79 Å². The van der Waals surface area contributed by atoms with Crippen LogP contribution in [0.2, 0.25) is 0 Å². The lowest BCUT2D eigenvalue weighted by Crippen LogP contribution is -2.42. The summed E-state index contributed by atoms with van der Waals surface area (Å²) < 4.78 is 9.84. The van der Waals surface area contributed by atoms with E-state index in [4.69, 9.17) is 9.47 Å². The molecule has 0 bridgehead atoms. The molecule has 0 saturated heterocycles. The lowest BCUT2D eigenvalue weighted by atomic mass is 10.0. The predicted octanol–water partition coefficient (Wildman–Crippen LogP) is 0.544. The highest BCUT2D eigenvalue weighted by Crippen LogP contribution is 2.19. The van der Waals surface area contributed by atoms with Crippen LogP contribution in [0.15, 0.2) is 24.3 Å². The fourth-order valence-electron chi connectivity index (χ4n) is 1.82. The van der Waals surface area contributed by atoms with Crippen LogP contribution in [-0.2, 0) is 25.7 Å². The third kappa shape index (κ3) is 4.32. The third-order valence-corrected chi connectivity index (χ3v) is 2.71. The maximum Gasteiger partial charge on any atom is 0.331 e. The number of nitrogens with one attached hydrogen (secondary N) is 1. The molecule has 2 atom stereocenters. The summed E-state index contributed by atoms with van der Waals surface area (Å²) in [4.78, 5) is 22.3. The summed E-state index contributed by atoms with van der Waals surface area (Å²) in [6, 6.07) is 5.84. The standard InChI is InChI=1S/C14H19NO5/c1-3-20-14(18)12(15-9-16)13(17)11-6-4-5-10(7-11)8-19-2/h4-7,9,12-13,17H,3,8H2,1-2H3,(H,15,16). The van der Waals surface area contributed by atoms with E-state index in [1.54, 1.807) is 32.2 Å². The molecule has 0 aliphatic rings. The first-order chi connectivity index (χ1) is 9.63. The first-order valence-corrected chi connectivity index (χ1v) is 6.26. The fourth-order valence-corrected chi connectivity index (χ4v) is 1.82. The quantitative estimate of drug-likeness (QED) is 0.537. The zero-order valence-corrected chi connectivity index (χ0v) is 11.5. The lowest BCUT2D eigenvalue weighted by molar-refractivity contribution is -0.149. The van der Waals surface area contributed by atoms with Crippen molar-refractivity contribution < 1.29 is 24.2 Å². The Balaban J connectivity index is 2.92. The van der Waals surface area contributed by atoms with Gasteiger partial charge in [0.15, 0.2) is 6.04 Å². The number of amides is 1. The van der Waals surface area contributed by atoms with Gasteiger partial charge in [-0.1, -0.05) is 24.3 Å². The molecule has 0 spiro atoms. The van der Waals surface area contributed by atoms with E-state index in [9.17, 15) is 14.7 Å². The van der Waals surface area contributed by atoms with Crippen molar-refractivity contribution in [3.05, 3.63) is 35.4 Å². The second kappa shape index (κ2) is 8.29. The maximum absolute atomic E-state index is 11.7. The van der Waals surface area contributed by atoms with Gasteiger partial charge in [0.2, 0.25) is 6.41 Å². The summed E-state index contributed by atoms with van der Waals surface area (Å²) in [5.74, 6) is -0.677. The molecule has 0 aromatic heterocycles. The Bertz CT molecular complexity index is 449. The van der Waals surface area contributed by atoms with Crippen molar-refractivity contribution in [2.75, 3.05) is 13.7 Å². The van der Waals surface area contributed by atoms with Gasteiger partial charge in [-0.3, -0.25) is 4.79 Å². The smallest absolute Gasteiger partial charge is 0.331 e. The van der Waals surface area contributed by atoms with Crippen LogP contribution in [-0.4, -0.2) is 37.2 Å². The van der Waals surface area contributed by atoms with Gasteiger partial charge in [0.05, 0.1) is 13.2 Å². The Morgan fingerprint density at radius 2 is 2.25 bits per heavy atom. The molecule has 0 heterocycles. The van der Waals surface area contributed by atoms with Crippen molar-refractivity contribution in [2.45, 2.75) is 25.7 Å². The van der Waals surface area contributed by atoms with Crippen molar-refractivity contribution in [1.29, 1.82) is 0 Å². The summed E-state index contributed by atoms with van der Waals surface area (Å²) in [5.41, 5.74) is 1.37. The number of hydrogen-bond donors (Lipinski definition) is 2. The zero-order chi connectivity index (χ0) is 15.0. The minimum absolute atomic E-state index is 0.173. The Labute approximate surface area is 117 Å². The van der Waals surface area contributed by atoms with E-state index in [1.807, 2.05) is 6.07 Å². The normalized spacial score (nSPS) is 13.3. The van der Waals surface area contributed by atoms with Crippen LogP contribution in [0.5, 0.6) is 0 Å². The number of ether oxygens (including phenoxy) is 2. The van der Waals surface area contributed by atoms with E-state index in [0.29, 0.717) is 18.6 Å². The van der Waals surface area contributed by atoms with E-state index < -0.39 is 18.1 Å². The lowest BCUT2D eigenvalue weighted by Gasteiger charge is -2.21. The van der Waals surface area contributed by atoms with E-state index in [2.05, 4.69) is 5.32 Å². The topological polar surface area (TPSA) is 84.9 Å². The minimum Gasteiger partial charge on any atom is -0.464 e. The Morgan fingerprint density at radius 1 is 1.50 bits per heavy atom. The highest BCUT2D eigenvalue weighted by atomic mass is 16.5. The van der Waals surface area contributed by atoms with Gasteiger partial charge in [0.25, 0.3) is 0 Å². The molecule has 0 radical (unpaired) electrons. The van der Waals surface area contributed by atoms with E-state index in [1.165, 1.54) is 0 Å². The number of hydrogen-bond acceptors (Lipinski definition) is 5. The molecule has 0 aliphatic heterocycles. The summed E-state index contributed by atoms with van der Waals surface area (Å²) in [6.07, 6.45) is -0.819. The van der Waals surface area contributed by atoms with Crippen LogP contribution in [0.3, 0.4) is 0 Å². The molecule has 2 N–H and O–H groups in total. The van der Waals surface area contributed by atoms with Gasteiger partial charge in [-0.15, -0.1) is 0 Å². The van der Waals surface area contributed by atoms with Gasteiger partial charge in [0.1, 0.15) is 6.10 Å². The van der Waals surface area contributed by atoms with Crippen molar-refractivity contribution in [2.24, 2.45) is 0 Å². The molecule has 6 nitrogen and oxygen atoms in total. The van der Waals surface area contributed by atoms with E-state index in [0.717, 1.165) is 5.56 Å². The van der Waals surface area contributed by atoms with Crippen molar-refractivity contribution >= 4 is 12.4 Å². The van der Waals surface area contributed by atoms with Gasteiger partial charge in [0, 0.05) is 7.11 Å².